The van der Waals surface area contributed by atoms with Crippen molar-refractivity contribution >= 4 is 29.7 Å². The summed E-state index contributed by atoms with van der Waals surface area (Å²) in [6.07, 6.45) is 1.85. The van der Waals surface area contributed by atoms with Crippen LogP contribution >= 0.6 is 7.92 Å². The first-order chi connectivity index (χ1) is 15.9. The Morgan fingerprint density at radius 3 is 2.09 bits per heavy atom. The molecule has 4 aromatic carbocycles. The van der Waals surface area contributed by atoms with E-state index in [2.05, 4.69) is 109 Å². The molecule has 0 amide bonds. The Labute approximate surface area is 190 Å². The molecule has 32 heavy (non-hydrogen) atoms. The monoisotopic (exact) mass is 433 g/mol. The van der Waals surface area contributed by atoms with E-state index in [9.17, 15) is 0 Å². The smallest absolute Gasteiger partial charge is 0.188 e. The lowest BCUT2D eigenvalue weighted by Gasteiger charge is -2.22. The zero-order valence-corrected chi connectivity index (χ0v) is 18.7. The summed E-state index contributed by atoms with van der Waals surface area (Å²) >= 11 is 0. The molecule has 156 valence electrons. The van der Waals surface area contributed by atoms with Crippen molar-refractivity contribution in [3.63, 3.8) is 0 Å². The fourth-order valence-electron chi connectivity index (χ4n) is 4.87. The van der Waals surface area contributed by atoms with E-state index in [-0.39, 0.29) is 12.1 Å². The summed E-state index contributed by atoms with van der Waals surface area (Å²) in [4.78, 5) is 5.03. The van der Waals surface area contributed by atoms with Gasteiger partial charge in [0.05, 0.1) is 0 Å². The number of hydrogen-bond acceptors (Lipinski definition) is 2. The van der Waals surface area contributed by atoms with Crippen LogP contribution in [0.1, 0.15) is 22.7 Å². The molecule has 2 nitrogen and oxygen atoms in total. The molecule has 1 heterocycles. The Balaban J connectivity index is 1.36. The number of fused-ring (bicyclic) bond motifs is 3. The third-order valence-electron chi connectivity index (χ3n) is 6.32. The number of aliphatic imine (C=N–C) groups is 1. The van der Waals surface area contributed by atoms with E-state index in [4.69, 9.17) is 9.73 Å². The third kappa shape index (κ3) is 3.55. The van der Waals surface area contributed by atoms with Crippen LogP contribution in [0.4, 0.5) is 0 Å². The maximum absolute atomic E-state index is 6.38. The average molecular weight is 433 g/mol. The molecule has 4 aromatic rings. The van der Waals surface area contributed by atoms with Gasteiger partial charge in [0.25, 0.3) is 0 Å². The molecule has 0 N–H and O–H groups in total. The van der Waals surface area contributed by atoms with Crippen molar-refractivity contribution in [1.29, 1.82) is 0 Å². The van der Waals surface area contributed by atoms with Gasteiger partial charge < -0.3 is 4.74 Å². The molecule has 2 unspecified atom stereocenters. The van der Waals surface area contributed by atoms with Crippen molar-refractivity contribution < 1.29 is 4.74 Å². The second-order valence-electron chi connectivity index (χ2n) is 8.34. The Hall–Kier alpha value is -3.22. The molecule has 1 aliphatic heterocycles. The lowest BCUT2D eigenvalue weighted by atomic mass is 10.1. The van der Waals surface area contributed by atoms with Gasteiger partial charge in [0.1, 0.15) is 12.1 Å². The van der Waals surface area contributed by atoms with Crippen molar-refractivity contribution in [3.05, 3.63) is 126 Å². The average Bonchev–Trinajstić information content (AvgIpc) is 3.39. The highest BCUT2D eigenvalue weighted by Gasteiger charge is 2.39. The molecule has 0 saturated carbocycles. The third-order valence-corrected chi connectivity index (χ3v) is 8.87. The molecule has 2 aliphatic rings. The van der Waals surface area contributed by atoms with E-state index in [0.717, 1.165) is 18.7 Å². The molecule has 0 fully saturated rings. The Morgan fingerprint density at radius 1 is 0.719 bits per heavy atom. The normalized spacial score (nSPS) is 18.7. The Morgan fingerprint density at radius 2 is 1.34 bits per heavy atom. The Kier molecular flexibility index (Phi) is 5.09. The van der Waals surface area contributed by atoms with Crippen LogP contribution in [0.15, 0.2) is 114 Å². The van der Waals surface area contributed by atoms with Gasteiger partial charge in [0, 0.05) is 12.8 Å². The molecule has 0 bridgehead atoms. The molecule has 3 heteroatoms. The minimum Gasteiger partial charge on any atom is -0.474 e. The largest absolute Gasteiger partial charge is 0.474 e. The lowest BCUT2D eigenvalue weighted by Crippen LogP contribution is -2.24. The minimum atomic E-state index is -0.652. The molecular weight excluding hydrogens is 409 g/mol. The standard InChI is InChI=1S/C29H24NOP/c1-3-13-23(14-4-1)32(24-15-5-2-6-16-24)27-18-10-8-12-22(27)20-28-30-29-25-17-9-7-11-21(25)19-26(29)31-28/h1-18,26,29H,19-20H2. The van der Waals surface area contributed by atoms with E-state index in [1.165, 1.54) is 32.6 Å². The number of nitrogens with zero attached hydrogens (tertiary/aromatic N) is 1. The van der Waals surface area contributed by atoms with Crippen LogP contribution in [-0.4, -0.2) is 12.0 Å². The van der Waals surface area contributed by atoms with Crippen LogP contribution < -0.4 is 15.9 Å². The van der Waals surface area contributed by atoms with Crippen LogP contribution in [0.2, 0.25) is 0 Å². The second kappa shape index (κ2) is 8.37. The van der Waals surface area contributed by atoms with Gasteiger partial charge >= 0.3 is 0 Å². The summed E-state index contributed by atoms with van der Waals surface area (Å²) < 4.78 is 6.38. The van der Waals surface area contributed by atoms with Crippen molar-refractivity contribution in [1.82, 2.24) is 0 Å². The first kappa shape index (κ1) is 19.5. The summed E-state index contributed by atoms with van der Waals surface area (Å²) in [6, 6.07) is 39.3. The molecule has 0 aromatic heterocycles. The summed E-state index contributed by atoms with van der Waals surface area (Å²) in [7, 11) is -0.652. The zero-order chi connectivity index (χ0) is 21.3. The van der Waals surface area contributed by atoms with Gasteiger partial charge in [0.2, 0.25) is 0 Å². The van der Waals surface area contributed by atoms with Gasteiger partial charge in [-0.15, -0.1) is 0 Å². The van der Waals surface area contributed by atoms with E-state index in [1.807, 2.05) is 0 Å². The highest BCUT2D eigenvalue weighted by molar-refractivity contribution is 7.79. The van der Waals surface area contributed by atoms with Crippen molar-refractivity contribution in [2.45, 2.75) is 25.0 Å². The summed E-state index contributed by atoms with van der Waals surface area (Å²) in [5, 5.41) is 4.10. The van der Waals surface area contributed by atoms with Crippen molar-refractivity contribution in [3.8, 4) is 0 Å². The van der Waals surface area contributed by atoms with Crippen molar-refractivity contribution in [2.75, 3.05) is 0 Å². The van der Waals surface area contributed by atoms with Gasteiger partial charge in [-0.1, -0.05) is 109 Å². The minimum absolute atomic E-state index is 0.151. The molecule has 1 aliphatic carbocycles. The van der Waals surface area contributed by atoms with Crippen LogP contribution in [0.3, 0.4) is 0 Å². The van der Waals surface area contributed by atoms with Gasteiger partial charge in [-0.3, -0.25) is 0 Å². The topological polar surface area (TPSA) is 21.6 Å². The lowest BCUT2D eigenvalue weighted by molar-refractivity contribution is 0.202. The second-order valence-corrected chi connectivity index (χ2v) is 10.5. The molecule has 0 saturated heterocycles. The summed E-state index contributed by atoms with van der Waals surface area (Å²) in [5.74, 6) is 0.873. The number of hydrogen-bond donors (Lipinski definition) is 0. The fraction of sp³-hybridized carbons (Fsp3) is 0.138. The van der Waals surface area contributed by atoms with Crippen molar-refractivity contribution in [2.24, 2.45) is 4.99 Å². The van der Waals surface area contributed by atoms with Gasteiger partial charge in [0.15, 0.2) is 5.90 Å². The Bertz CT molecular complexity index is 1230. The molecule has 6 rings (SSSR count). The molecule has 2 atom stereocenters. The molecular formula is C29H24NOP. The van der Waals surface area contributed by atoms with Gasteiger partial charge in [-0.25, -0.2) is 4.99 Å². The number of benzene rings is 4. The first-order valence-electron chi connectivity index (χ1n) is 11.2. The summed E-state index contributed by atoms with van der Waals surface area (Å²) in [5.41, 5.74) is 4.01. The van der Waals surface area contributed by atoms with E-state index in [1.54, 1.807) is 0 Å². The zero-order valence-electron chi connectivity index (χ0n) is 17.8. The van der Waals surface area contributed by atoms with Crippen LogP contribution in [0.25, 0.3) is 0 Å². The molecule has 0 spiro atoms. The number of rotatable bonds is 5. The van der Waals surface area contributed by atoms with Gasteiger partial charge in [-0.2, -0.15) is 0 Å². The predicted octanol–water partition coefficient (Wildman–Crippen LogP) is 5.08. The molecule has 0 radical (unpaired) electrons. The quantitative estimate of drug-likeness (QED) is 0.402. The van der Waals surface area contributed by atoms with E-state index in [0.29, 0.717) is 0 Å². The SMILES string of the molecule is c1ccc(P(c2ccccc2)c2ccccc2CC2=NC3c4ccccc4CC3O2)cc1. The highest BCUT2D eigenvalue weighted by Crippen LogP contribution is 2.40. The van der Waals surface area contributed by atoms with Gasteiger partial charge in [-0.05, 0) is 40.5 Å². The maximum atomic E-state index is 6.38. The fourth-order valence-corrected chi connectivity index (χ4v) is 7.34. The predicted molar refractivity (Wildman–Crippen MR) is 134 cm³/mol. The summed E-state index contributed by atoms with van der Waals surface area (Å²) in [6.45, 7) is 0. The number of ether oxygens (including phenoxy) is 1. The van der Waals surface area contributed by atoms with E-state index >= 15 is 0 Å². The first-order valence-corrected chi connectivity index (χ1v) is 12.5. The maximum Gasteiger partial charge on any atom is 0.188 e. The van der Waals surface area contributed by atoms with Crippen LogP contribution in [-0.2, 0) is 17.6 Å². The highest BCUT2D eigenvalue weighted by atomic mass is 31.1. The van der Waals surface area contributed by atoms with Crippen LogP contribution in [0.5, 0.6) is 0 Å². The van der Waals surface area contributed by atoms with E-state index < -0.39 is 7.92 Å². The van der Waals surface area contributed by atoms with Crippen LogP contribution in [0, 0.1) is 0 Å².